The monoisotopic (exact) mass is 329 g/mol. The molecule has 2 aromatic rings. The molecule has 24 heavy (non-hydrogen) atoms. The molecule has 0 radical (unpaired) electrons. The second-order valence-corrected chi connectivity index (χ2v) is 6.50. The Labute approximate surface area is 142 Å². The highest BCUT2D eigenvalue weighted by Gasteiger charge is 2.26. The molecule has 1 amide bonds. The van der Waals surface area contributed by atoms with E-state index in [1.54, 1.807) is 0 Å². The van der Waals surface area contributed by atoms with Gasteiger partial charge in [0, 0.05) is 5.54 Å². The molecule has 2 rings (SSSR count). The van der Waals surface area contributed by atoms with Gasteiger partial charge in [-0.25, -0.2) is 4.39 Å². The molecule has 1 atom stereocenters. The molecule has 0 aliphatic heterocycles. The maximum Gasteiger partial charge on any atom is 0.261 e. The van der Waals surface area contributed by atoms with Crippen LogP contribution in [0.5, 0.6) is 5.75 Å². The molecule has 0 aromatic heterocycles. The fraction of sp³-hybridized carbons (Fsp3) is 0.350. The minimum Gasteiger partial charge on any atom is -0.481 e. The summed E-state index contributed by atoms with van der Waals surface area (Å²) in [5.74, 6) is -0.00846. The van der Waals surface area contributed by atoms with Gasteiger partial charge in [-0.15, -0.1) is 0 Å². The summed E-state index contributed by atoms with van der Waals surface area (Å²) >= 11 is 0. The summed E-state index contributed by atoms with van der Waals surface area (Å²) in [6, 6.07) is 15.7. The van der Waals surface area contributed by atoms with E-state index in [1.807, 2.05) is 51.1 Å². The van der Waals surface area contributed by atoms with Gasteiger partial charge in [0.05, 0.1) is 0 Å². The second kappa shape index (κ2) is 7.95. The number of amides is 1. The van der Waals surface area contributed by atoms with Crippen LogP contribution < -0.4 is 10.1 Å². The lowest BCUT2D eigenvalue weighted by Gasteiger charge is -2.29. The van der Waals surface area contributed by atoms with Crippen LogP contribution in [0.25, 0.3) is 0 Å². The van der Waals surface area contributed by atoms with Crippen LogP contribution in [0.15, 0.2) is 54.6 Å². The number of hydrogen-bond acceptors (Lipinski definition) is 2. The lowest BCUT2D eigenvalue weighted by atomic mass is 9.94. The summed E-state index contributed by atoms with van der Waals surface area (Å²) < 4.78 is 18.7. The number of carbonyl (C=O) groups is 1. The van der Waals surface area contributed by atoms with E-state index < -0.39 is 11.6 Å². The van der Waals surface area contributed by atoms with E-state index >= 15 is 0 Å². The van der Waals surface area contributed by atoms with Crippen molar-refractivity contribution in [3.63, 3.8) is 0 Å². The Bertz CT molecular complexity index is 653. The Morgan fingerprint density at radius 2 is 1.75 bits per heavy atom. The number of rotatable bonds is 7. The van der Waals surface area contributed by atoms with Crippen molar-refractivity contribution in [2.75, 3.05) is 0 Å². The van der Waals surface area contributed by atoms with Gasteiger partial charge in [0.25, 0.3) is 5.91 Å². The highest BCUT2D eigenvalue weighted by molar-refractivity contribution is 5.81. The first-order valence-corrected chi connectivity index (χ1v) is 8.18. The molecule has 0 aliphatic rings. The third kappa shape index (κ3) is 5.37. The zero-order chi connectivity index (χ0) is 17.6. The highest BCUT2D eigenvalue weighted by Crippen LogP contribution is 2.17. The van der Waals surface area contributed by atoms with Crippen molar-refractivity contribution in [1.82, 2.24) is 5.32 Å². The zero-order valence-electron chi connectivity index (χ0n) is 14.4. The summed E-state index contributed by atoms with van der Waals surface area (Å²) in [4.78, 5) is 12.5. The third-order valence-corrected chi connectivity index (χ3v) is 3.71. The predicted octanol–water partition coefficient (Wildman–Crippen LogP) is 4.12. The van der Waals surface area contributed by atoms with Crippen molar-refractivity contribution in [2.24, 2.45) is 0 Å². The Morgan fingerprint density at radius 1 is 1.12 bits per heavy atom. The van der Waals surface area contributed by atoms with Crippen LogP contribution in [0.4, 0.5) is 4.39 Å². The predicted molar refractivity (Wildman–Crippen MR) is 93.5 cm³/mol. The summed E-state index contributed by atoms with van der Waals surface area (Å²) in [5.41, 5.74) is 0.771. The van der Waals surface area contributed by atoms with E-state index in [9.17, 15) is 9.18 Å². The molecule has 0 aliphatic carbocycles. The van der Waals surface area contributed by atoms with Crippen LogP contribution in [0.2, 0.25) is 0 Å². The van der Waals surface area contributed by atoms with Crippen LogP contribution in [0.3, 0.4) is 0 Å². The van der Waals surface area contributed by atoms with Crippen molar-refractivity contribution in [2.45, 2.75) is 45.3 Å². The van der Waals surface area contributed by atoms with E-state index in [0.717, 1.165) is 12.0 Å². The van der Waals surface area contributed by atoms with E-state index in [1.165, 1.54) is 24.3 Å². The highest BCUT2D eigenvalue weighted by atomic mass is 19.1. The minimum absolute atomic E-state index is 0.164. The van der Waals surface area contributed by atoms with Gasteiger partial charge < -0.3 is 10.1 Å². The van der Waals surface area contributed by atoms with Gasteiger partial charge in [-0.05, 0) is 56.5 Å². The minimum atomic E-state index is -0.606. The van der Waals surface area contributed by atoms with Crippen LogP contribution in [0.1, 0.15) is 32.8 Å². The molecule has 0 bridgehead atoms. The second-order valence-electron chi connectivity index (χ2n) is 6.50. The SMILES string of the molecule is CC[C@H](Oc1ccc(F)cc1)C(=O)NC(C)(C)Cc1ccccc1. The molecule has 0 saturated heterocycles. The van der Waals surface area contributed by atoms with E-state index in [4.69, 9.17) is 4.74 Å². The maximum absolute atomic E-state index is 13.0. The molecule has 0 saturated carbocycles. The average Bonchev–Trinajstić information content (AvgIpc) is 2.54. The van der Waals surface area contributed by atoms with Crippen LogP contribution in [0, 0.1) is 5.82 Å². The van der Waals surface area contributed by atoms with E-state index in [0.29, 0.717) is 12.2 Å². The molecule has 0 heterocycles. The fourth-order valence-corrected chi connectivity index (χ4v) is 2.56. The van der Waals surface area contributed by atoms with Crippen molar-refractivity contribution in [3.8, 4) is 5.75 Å². The van der Waals surface area contributed by atoms with Gasteiger partial charge in [0.1, 0.15) is 11.6 Å². The molecule has 128 valence electrons. The number of carbonyl (C=O) groups excluding carboxylic acids is 1. The smallest absolute Gasteiger partial charge is 0.261 e. The molecule has 0 unspecified atom stereocenters. The van der Waals surface area contributed by atoms with Gasteiger partial charge in [-0.1, -0.05) is 37.3 Å². The molecule has 1 N–H and O–H groups in total. The topological polar surface area (TPSA) is 38.3 Å². The average molecular weight is 329 g/mol. The van der Waals surface area contributed by atoms with E-state index in [2.05, 4.69) is 5.32 Å². The van der Waals surface area contributed by atoms with Gasteiger partial charge in [-0.2, -0.15) is 0 Å². The van der Waals surface area contributed by atoms with Crippen LogP contribution in [-0.4, -0.2) is 17.6 Å². The summed E-state index contributed by atoms with van der Waals surface area (Å²) in [6.45, 7) is 5.86. The molecule has 3 nitrogen and oxygen atoms in total. The third-order valence-electron chi connectivity index (χ3n) is 3.71. The maximum atomic E-state index is 13.0. The standard InChI is InChI=1S/C20H24FNO2/c1-4-18(24-17-12-10-16(21)11-13-17)19(23)22-20(2,3)14-15-8-6-5-7-9-15/h5-13,18H,4,14H2,1-3H3,(H,22,23)/t18-/m0/s1. The number of benzene rings is 2. The van der Waals surface area contributed by atoms with Gasteiger partial charge in [-0.3, -0.25) is 4.79 Å². The van der Waals surface area contributed by atoms with Crippen LogP contribution >= 0.6 is 0 Å². The summed E-state index contributed by atoms with van der Waals surface area (Å²) in [5, 5.41) is 3.05. The number of nitrogens with one attached hydrogen (secondary N) is 1. The van der Waals surface area contributed by atoms with Crippen molar-refractivity contribution < 1.29 is 13.9 Å². The lowest BCUT2D eigenvalue weighted by molar-refractivity contribution is -0.129. The van der Waals surface area contributed by atoms with Gasteiger partial charge in [0.2, 0.25) is 0 Å². The van der Waals surface area contributed by atoms with E-state index in [-0.39, 0.29) is 11.7 Å². The first kappa shape index (κ1) is 18.0. The van der Waals surface area contributed by atoms with Gasteiger partial charge >= 0.3 is 0 Å². The normalized spacial score (nSPS) is 12.5. The van der Waals surface area contributed by atoms with Crippen molar-refractivity contribution >= 4 is 5.91 Å². The fourth-order valence-electron chi connectivity index (χ4n) is 2.56. The Morgan fingerprint density at radius 3 is 2.33 bits per heavy atom. The number of halogens is 1. The zero-order valence-corrected chi connectivity index (χ0v) is 14.4. The first-order valence-electron chi connectivity index (χ1n) is 8.18. The Hall–Kier alpha value is -2.36. The van der Waals surface area contributed by atoms with Crippen molar-refractivity contribution in [1.29, 1.82) is 0 Å². The van der Waals surface area contributed by atoms with Crippen molar-refractivity contribution in [3.05, 3.63) is 66.0 Å². The quantitative estimate of drug-likeness (QED) is 0.830. The Balaban J connectivity index is 1.98. The largest absolute Gasteiger partial charge is 0.481 e. The van der Waals surface area contributed by atoms with Crippen LogP contribution in [-0.2, 0) is 11.2 Å². The van der Waals surface area contributed by atoms with Gasteiger partial charge in [0.15, 0.2) is 6.10 Å². The number of hydrogen-bond donors (Lipinski definition) is 1. The first-order chi connectivity index (χ1) is 11.4. The number of ether oxygens (including phenoxy) is 1. The molecule has 0 spiro atoms. The molecule has 4 heteroatoms. The molecule has 2 aromatic carbocycles. The summed E-state index contributed by atoms with van der Waals surface area (Å²) in [6.07, 6.45) is 0.655. The molecule has 0 fully saturated rings. The lowest BCUT2D eigenvalue weighted by Crippen LogP contribution is -2.50. The molecular formula is C20H24FNO2. The molecular weight excluding hydrogens is 305 g/mol. The summed E-state index contributed by atoms with van der Waals surface area (Å²) in [7, 11) is 0. The Kier molecular flexibility index (Phi) is 5.96.